The monoisotopic (exact) mass is 436 g/mol. The minimum atomic E-state index is -0.646. The Hall–Kier alpha value is -2.63. The average Bonchev–Trinajstić information content (AvgIpc) is 3.25. The van der Waals surface area contributed by atoms with Gasteiger partial charge in [-0.05, 0) is 31.0 Å². The van der Waals surface area contributed by atoms with Crippen LogP contribution in [0.5, 0.6) is 5.75 Å². The molecule has 170 valence electrons. The van der Waals surface area contributed by atoms with Crippen LogP contribution in [0.3, 0.4) is 0 Å². The van der Waals surface area contributed by atoms with Gasteiger partial charge in [0.05, 0.1) is 25.0 Å². The summed E-state index contributed by atoms with van der Waals surface area (Å²) in [6, 6.07) is 4.81. The lowest BCUT2D eigenvalue weighted by atomic mass is 9.79. The zero-order valence-corrected chi connectivity index (χ0v) is 19.3. The Morgan fingerprint density at radius 3 is 2.38 bits per heavy atom. The number of ketones is 1. The number of hydrogen-bond donors (Lipinski definition) is 0. The van der Waals surface area contributed by atoms with Crippen LogP contribution >= 0.6 is 0 Å². The summed E-state index contributed by atoms with van der Waals surface area (Å²) < 4.78 is 5.38. The number of fused-ring (bicyclic) bond motifs is 5. The Labute approximate surface area is 189 Å². The quantitative estimate of drug-likeness (QED) is 0.674. The number of anilines is 1. The van der Waals surface area contributed by atoms with Crippen LogP contribution in [-0.4, -0.2) is 47.7 Å². The molecule has 0 radical (unpaired) electrons. The lowest BCUT2D eigenvalue weighted by Gasteiger charge is -2.39. The third-order valence-electron chi connectivity index (χ3n) is 7.69. The fourth-order valence-electron chi connectivity index (χ4n) is 6.14. The summed E-state index contributed by atoms with van der Waals surface area (Å²) in [5, 5.41) is 0. The molecular formula is C26H32N2O4. The number of methoxy groups -OCH3 is 1. The highest BCUT2D eigenvalue weighted by Crippen LogP contribution is 2.51. The van der Waals surface area contributed by atoms with Crippen molar-refractivity contribution in [2.75, 3.05) is 12.0 Å². The van der Waals surface area contributed by atoms with Gasteiger partial charge in [-0.3, -0.25) is 19.3 Å². The first-order valence-electron chi connectivity index (χ1n) is 11.8. The van der Waals surface area contributed by atoms with Crippen molar-refractivity contribution in [1.82, 2.24) is 4.90 Å². The van der Waals surface area contributed by atoms with Crippen LogP contribution < -0.4 is 9.64 Å². The van der Waals surface area contributed by atoms with Crippen molar-refractivity contribution in [3.8, 4) is 5.75 Å². The molecule has 0 unspecified atom stereocenters. The van der Waals surface area contributed by atoms with Gasteiger partial charge in [0.15, 0.2) is 5.78 Å². The smallest absolute Gasteiger partial charge is 0.236 e. The SMILES string of the molecule is COc1ccc2c(c1)C=C[C@@H]1[C@@H]3C(=O)N(C4CCCCC4)C(=O)[C@@H]3[C@H](C(=O)C(C)(C)C)N21. The maximum Gasteiger partial charge on any atom is 0.236 e. The number of amides is 2. The summed E-state index contributed by atoms with van der Waals surface area (Å²) in [6.45, 7) is 5.69. The second kappa shape index (κ2) is 7.46. The number of Topliss-reactive ketones (excluding diaryl/α,β-unsaturated/α-hetero) is 1. The number of rotatable bonds is 3. The Bertz CT molecular complexity index is 1000. The van der Waals surface area contributed by atoms with Gasteiger partial charge in [0.1, 0.15) is 11.8 Å². The molecule has 1 aromatic carbocycles. The summed E-state index contributed by atoms with van der Waals surface area (Å²) in [6.07, 6.45) is 9.01. The van der Waals surface area contributed by atoms with Gasteiger partial charge in [0.25, 0.3) is 0 Å². The Balaban J connectivity index is 1.60. The first kappa shape index (κ1) is 21.2. The molecule has 0 N–H and O–H groups in total. The van der Waals surface area contributed by atoms with Crippen LogP contribution in [0, 0.1) is 17.3 Å². The molecule has 0 aromatic heterocycles. The maximum atomic E-state index is 13.8. The zero-order valence-electron chi connectivity index (χ0n) is 19.3. The topological polar surface area (TPSA) is 66.9 Å². The van der Waals surface area contributed by atoms with Gasteiger partial charge in [0.2, 0.25) is 11.8 Å². The molecule has 0 bridgehead atoms. The molecule has 4 aliphatic rings. The molecule has 1 aromatic rings. The third kappa shape index (κ3) is 3.02. The molecular weight excluding hydrogens is 404 g/mol. The predicted molar refractivity (Wildman–Crippen MR) is 122 cm³/mol. The minimum absolute atomic E-state index is 0.0127. The van der Waals surface area contributed by atoms with E-state index in [2.05, 4.69) is 0 Å². The first-order valence-corrected chi connectivity index (χ1v) is 11.8. The number of benzene rings is 1. The zero-order chi connectivity index (χ0) is 22.8. The van der Waals surface area contributed by atoms with E-state index in [-0.39, 0.29) is 29.7 Å². The number of nitrogens with zero attached hydrogens (tertiary/aromatic N) is 2. The highest BCUT2D eigenvalue weighted by Gasteiger charge is 2.65. The van der Waals surface area contributed by atoms with Crippen LogP contribution in [0.4, 0.5) is 5.69 Å². The van der Waals surface area contributed by atoms with Crippen LogP contribution in [0.1, 0.15) is 58.4 Å². The van der Waals surface area contributed by atoms with E-state index in [1.54, 1.807) is 12.0 Å². The standard InChI is InChI=1S/C26H32N2O4/c1-26(2,3)23(29)22-21-20(24(30)27(25(21)31)16-8-6-5-7-9-16)19-12-10-15-14-17(32-4)11-13-18(15)28(19)22/h10-14,16,19-22H,5-9H2,1-4H3/t19-,20+,21+,22-/m1/s1. The van der Waals surface area contributed by atoms with Gasteiger partial charge < -0.3 is 9.64 Å². The van der Waals surface area contributed by atoms with Gasteiger partial charge in [-0.25, -0.2) is 0 Å². The van der Waals surface area contributed by atoms with E-state index in [0.717, 1.165) is 49.1 Å². The second-order valence-corrected chi connectivity index (χ2v) is 10.6. The van der Waals surface area contributed by atoms with Gasteiger partial charge in [0, 0.05) is 22.7 Å². The summed E-state index contributed by atoms with van der Waals surface area (Å²) >= 11 is 0. The van der Waals surface area contributed by atoms with Crippen LogP contribution in [0.25, 0.3) is 6.08 Å². The van der Waals surface area contributed by atoms with Crippen LogP contribution in [0.2, 0.25) is 0 Å². The highest BCUT2D eigenvalue weighted by molar-refractivity contribution is 6.12. The predicted octanol–water partition coefficient (Wildman–Crippen LogP) is 3.83. The van der Waals surface area contributed by atoms with Crippen molar-refractivity contribution in [1.29, 1.82) is 0 Å². The second-order valence-electron chi connectivity index (χ2n) is 10.6. The molecule has 3 heterocycles. The Kier molecular flexibility index (Phi) is 4.95. The van der Waals surface area contributed by atoms with E-state index in [4.69, 9.17) is 4.74 Å². The summed E-state index contributed by atoms with van der Waals surface area (Å²) in [5.74, 6) is -0.620. The van der Waals surface area contributed by atoms with E-state index >= 15 is 0 Å². The molecule has 4 atom stereocenters. The molecule has 0 spiro atoms. The lowest BCUT2D eigenvalue weighted by molar-refractivity contribution is -0.145. The van der Waals surface area contributed by atoms with E-state index in [9.17, 15) is 14.4 Å². The van der Waals surface area contributed by atoms with Gasteiger partial charge >= 0.3 is 0 Å². The summed E-state index contributed by atoms with van der Waals surface area (Å²) in [5.41, 5.74) is 1.20. The van der Waals surface area contributed by atoms with Crippen molar-refractivity contribution in [2.24, 2.45) is 17.3 Å². The van der Waals surface area contributed by atoms with Crippen molar-refractivity contribution in [3.63, 3.8) is 0 Å². The molecule has 3 fully saturated rings. The number of ether oxygens (including phenoxy) is 1. The van der Waals surface area contributed by atoms with Gasteiger partial charge in [-0.15, -0.1) is 0 Å². The molecule has 1 aliphatic carbocycles. The molecule has 2 amide bonds. The fraction of sp³-hybridized carbons (Fsp3) is 0.577. The van der Waals surface area contributed by atoms with E-state index in [1.165, 1.54) is 0 Å². The normalized spacial score (nSPS) is 29.8. The van der Waals surface area contributed by atoms with E-state index in [1.807, 2.05) is 56.0 Å². The average molecular weight is 437 g/mol. The van der Waals surface area contributed by atoms with Crippen molar-refractivity contribution in [3.05, 3.63) is 29.8 Å². The molecule has 2 saturated heterocycles. The van der Waals surface area contributed by atoms with Crippen molar-refractivity contribution in [2.45, 2.75) is 71.0 Å². The third-order valence-corrected chi connectivity index (χ3v) is 7.69. The van der Waals surface area contributed by atoms with Crippen molar-refractivity contribution < 1.29 is 19.1 Å². The largest absolute Gasteiger partial charge is 0.497 e. The highest BCUT2D eigenvalue weighted by atomic mass is 16.5. The number of carbonyl (C=O) groups is 3. The van der Waals surface area contributed by atoms with E-state index < -0.39 is 23.3 Å². The fourth-order valence-corrected chi connectivity index (χ4v) is 6.14. The molecule has 6 nitrogen and oxygen atoms in total. The van der Waals surface area contributed by atoms with Crippen molar-refractivity contribution >= 4 is 29.4 Å². The molecule has 32 heavy (non-hydrogen) atoms. The number of hydrogen-bond acceptors (Lipinski definition) is 5. The summed E-state index contributed by atoms with van der Waals surface area (Å²) in [7, 11) is 1.63. The number of likely N-dealkylation sites (tertiary alicyclic amines) is 1. The van der Waals surface area contributed by atoms with E-state index in [0.29, 0.717) is 0 Å². The summed E-state index contributed by atoms with van der Waals surface area (Å²) in [4.78, 5) is 44.8. The minimum Gasteiger partial charge on any atom is -0.497 e. The van der Waals surface area contributed by atoms with Gasteiger partial charge in [-0.1, -0.05) is 52.2 Å². The number of imide groups is 1. The molecule has 5 rings (SSSR count). The van der Waals surface area contributed by atoms with Gasteiger partial charge in [-0.2, -0.15) is 0 Å². The first-order chi connectivity index (χ1) is 15.2. The maximum absolute atomic E-state index is 13.8. The van der Waals surface area contributed by atoms with Crippen LogP contribution in [0.15, 0.2) is 24.3 Å². The molecule has 3 aliphatic heterocycles. The van der Waals surface area contributed by atoms with Crippen LogP contribution in [-0.2, 0) is 14.4 Å². The Morgan fingerprint density at radius 1 is 1.03 bits per heavy atom. The number of carbonyl (C=O) groups excluding carboxylic acids is 3. The Morgan fingerprint density at radius 2 is 1.72 bits per heavy atom. The molecule has 6 heteroatoms. The lowest BCUT2D eigenvalue weighted by Crippen LogP contribution is -2.53. The molecule has 1 saturated carbocycles.